The van der Waals surface area contributed by atoms with Crippen LogP contribution < -0.4 is 10.1 Å². The summed E-state index contributed by atoms with van der Waals surface area (Å²) in [7, 11) is 1.73. The standard InChI is InChI=1S/C19H25N5O3/c1-26-11-10-24-8-6-19(7-9-24)12-15(14-4-2-3-5-16(14)27-19)22-18(25)17-20-13-21-23-17/h2-5,13,15H,6-12H2,1H3,(H,22,25)(H,20,21,23). The van der Waals surface area contributed by atoms with Crippen molar-refractivity contribution in [3.8, 4) is 5.75 Å². The van der Waals surface area contributed by atoms with Gasteiger partial charge in [0.25, 0.3) is 5.91 Å². The van der Waals surface area contributed by atoms with Gasteiger partial charge < -0.3 is 19.7 Å². The molecule has 8 nitrogen and oxygen atoms in total. The fourth-order valence-electron chi connectivity index (χ4n) is 4.00. The lowest BCUT2D eigenvalue weighted by molar-refractivity contribution is -0.0281. The van der Waals surface area contributed by atoms with Crippen LogP contribution in [0.2, 0.25) is 0 Å². The first-order valence-electron chi connectivity index (χ1n) is 9.35. The number of carbonyl (C=O) groups is 1. The van der Waals surface area contributed by atoms with Gasteiger partial charge in [-0.2, -0.15) is 5.10 Å². The van der Waals surface area contributed by atoms with E-state index in [1.165, 1.54) is 6.33 Å². The van der Waals surface area contributed by atoms with E-state index in [2.05, 4.69) is 25.4 Å². The first-order chi connectivity index (χ1) is 13.2. The van der Waals surface area contributed by atoms with Gasteiger partial charge in [0.15, 0.2) is 0 Å². The van der Waals surface area contributed by atoms with Crippen LogP contribution in [0.25, 0.3) is 0 Å². The second kappa shape index (κ2) is 7.66. The lowest BCUT2D eigenvalue weighted by atomic mass is 9.80. The molecule has 27 heavy (non-hydrogen) atoms. The fourth-order valence-corrected chi connectivity index (χ4v) is 4.00. The van der Waals surface area contributed by atoms with E-state index in [1.54, 1.807) is 7.11 Å². The van der Waals surface area contributed by atoms with Gasteiger partial charge in [0, 0.05) is 38.7 Å². The number of H-pyrrole nitrogens is 1. The van der Waals surface area contributed by atoms with Crippen LogP contribution >= 0.6 is 0 Å². The second-order valence-electron chi connectivity index (χ2n) is 7.22. The summed E-state index contributed by atoms with van der Waals surface area (Å²) >= 11 is 0. The molecule has 1 spiro atoms. The molecule has 2 N–H and O–H groups in total. The third-order valence-electron chi connectivity index (χ3n) is 5.51. The molecular weight excluding hydrogens is 346 g/mol. The minimum absolute atomic E-state index is 0.113. The van der Waals surface area contributed by atoms with E-state index >= 15 is 0 Å². The third kappa shape index (κ3) is 3.81. The van der Waals surface area contributed by atoms with E-state index in [4.69, 9.17) is 9.47 Å². The maximum atomic E-state index is 12.5. The van der Waals surface area contributed by atoms with Gasteiger partial charge in [-0.25, -0.2) is 4.98 Å². The van der Waals surface area contributed by atoms with Crippen LogP contribution in [0.3, 0.4) is 0 Å². The van der Waals surface area contributed by atoms with Gasteiger partial charge in [-0.3, -0.25) is 9.89 Å². The topological polar surface area (TPSA) is 92.4 Å². The van der Waals surface area contributed by atoms with Crippen LogP contribution in [0, 0.1) is 0 Å². The third-order valence-corrected chi connectivity index (χ3v) is 5.51. The number of benzene rings is 1. The van der Waals surface area contributed by atoms with Crippen molar-refractivity contribution in [3.63, 3.8) is 0 Å². The molecule has 2 aliphatic heterocycles. The highest BCUT2D eigenvalue weighted by Crippen LogP contribution is 2.44. The summed E-state index contributed by atoms with van der Waals surface area (Å²) in [6.45, 7) is 3.62. The summed E-state index contributed by atoms with van der Waals surface area (Å²) in [4.78, 5) is 18.9. The number of amides is 1. The quantitative estimate of drug-likeness (QED) is 0.828. The van der Waals surface area contributed by atoms with Crippen LogP contribution in [0.4, 0.5) is 0 Å². The molecule has 8 heteroatoms. The highest BCUT2D eigenvalue weighted by molar-refractivity contribution is 5.90. The Kier molecular flexibility index (Phi) is 5.09. The van der Waals surface area contributed by atoms with Crippen LogP contribution in [0.1, 0.15) is 41.5 Å². The van der Waals surface area contributed by atoms with Crippen molar-refractivity contribution in [2.75, 3.05) is 33.4 Å². The average molecular weight is 371 g/mol. The number of nitrogens with zero attached hydrogens (tertiary/aromatic N) is 3. The highest BCUT2D eigenvalue weighted by atomic mass is 16.5. The van der Waals surface area contributed by atoms with E-state index in [1.807, 2.05) is 24.3 Å². The van der Waals surface area contributed by atoms with Crippen molar-refractivity contribution in [2.24, 2.45) is 0 Å². The molecule has 1 aromatic carbocycles. The van der Waals surface area contributed by atoms with Crippen LogP contribution in [-0.2, 0) is 4.74 Å². The van der Waals surface area contributed by atoms with Crippen molar-refractivity contribution in [2.45, 2.75) is 30.9 Å². The predicted molar refractivity (Wildman–Crippen MR) is 98.6 cm³/mol. The Morgan fingerprint density at radius 2 is 2.22 bits per heavy atom. The van der Waals surface area contributed by atoms with E-state index < -0.39 is 0 Å². The van der Waals surface area contributed by atoms with Gasteiger partial charge in [0.1, 0.15) is 17.7 Å². The smallest absolute Gasteiger partial charge is 0.289 e. The van der Waals surface area contributed by atoms with Gasteiger partial charge in [0.2, 0.25) is 5.82 Å². The second-order valence-corrected chi connectivity index (χ2v) is 7.22. The molecule has 144 valence electrons. The number of hydrogen-bond donors (Lipinski definition) is 2. The van der Waals surface area contributed by atoms with Crippen LogP contribution in [0.15, 0.2) is 30.6 Å². The van der Waals surface area contributed by atoms with Crippen LogP contribution in [-0.4, -0.2) is 64.9 Å². The number of aromatic nitrogens is 3. The first-order valence-corrected chi connectivity index (χ1v) is 9.35. The largest absolute Gasteiger partial charge is 0.487 e. The highest BCUT2D eigenvalue weighted by Gasteiger charge is 2.43. The molecule has 1 atom stereocenters. The van der Waals surface area contributed by atoms with E-state index in [-0.39, 0.29) is 23.4 Å². The molecule has 4 rings (SSSR count). The zero-order valence-electron chi connectivity index (χ0n) is 15.5. The molecule has 1 aromatic heterocycles. The van der Waals surface area contributed by atoms with E-state index in [0.29, 0.717) is 0 Å². The van der Waals surface area contributed by atoms with E-state index in [0.717, 1.165) is 56.8 Å². The van der Waals surface area contributed by atoms with Gasteiger partial charge in [0.05, 0.1) is 12.6 Å². The first kappa shape index (κ1) is 17.9. The molecule has 0 saturated carbocycles. The predicted octanol–water partition coefficient (Wildman–Crippen LogP) is 1.54. The molecule has 2 aliphatic rings. The van der Waals surface area contributed by atoms with Gasteiger partial charge in [-0.05, 0) is 18.9 Å². The number of ether oxygens (including phenoxy) is 2. The van der Waals surface area contributed by atoms with Gasteiger partial charge in [-0.15, -0.1) is 0 Å². The Morgan fingerprint density at radius 1 is 1.41 bits per heavy atom. The van der Waals surface area contributed by atoms with Crippen molar-refractivity contribution < 1.29 is 14.3 Å². The minimum Gasteiger partial charge on any atom is -0.487 e. The zero-order chi connectivity index (χ0) is 18.7. The molecule has 0 bridgehead atoms. The molecule has 2 aromatic rings. The fraction of sp³-hybridized carbons (Fsp3) is 0.526. The summed E-state index contributed by atoms with van der Waals surface area (Å²) in [5, 5.41) is 9.49. The SMILES string of the molecule is COCCN1CCC2(CC1)CC(NC(=O)c1ncn[nH]1)c1ccccc1O2. The number of piperidine rings is 1. The van der Waals surface area contributed by atoms with Gasteiger partial charge >= 0.3 is 0 Å². The Labute approximate surface area is 158 Å². The molecule has 3 heterocycles. The Morgan fingerprint density at radius 3 is 2.96 bits per heavy atom. The molecule has 1 fully saturated rings. The van der Waals surface area contributed by atoms with Crippen LogP contribution in [0.5, 0.6) is 5.75 Å². The molecule has 1 amide bonds. The summed E-state index contributed by atoms with van der Waals surface area (Å²) in [6, 6.07) is 7.84. The number of rotatable bonds is 5. The lowest BCUT2D eigenvalue weighted by Gasteiger charge is -2.47. The summed E-state index contributed by atoms with van der Waals surface area (Å²) in [5.41, 5.74) is 0.759. The van der Waals surface area contributed by atoms with Gasteiger partial charge in [-0.1, -0.05) is 18.2 Å². The molecule has 1 unspecified atom stereocenters. The number of methoxy groups -OCH3 is 1. The maximum absolute atomic E-state index is 12.5. The van der Waals surface area contributed by atoms with Crippen molar-refractivity contribution >= 4 is 5.91 Å². The number of para-hydroxylation sites is 1. The Bertz CT molecular complexity index is 771. The number of carbonyl (C=O) groups excluding carboxylic acids is 1. The average Bonchev–Trinajstić information content (AvgIpc) is 3.23. The summed E-state index contributed by atoms with van der Waals surface area (Å²) in [5.74, 6) is 0.834. The maximum Gasteiger partial charge on any atom is 0.289 e. The monoisotopic (exact) mass is 371 g/mol. The summed E-state index contributed by atoms with van der Waals surface area (Å²) < 4.78 is 11.7. The van der Waals surface area contributed by atoms with Crippen molar-refractivity contribution in [1.29, 1.82) is 0 Å². The number of likely N-dealkylation sites (tertiary alicyclic amines) is 1. The number of aromatic amines is 1. The number of hydrogen-bond acceptors (Lipinski definition) is 6. The number of nitrogens with one attached hydrogen (secondary N) is 2. The van der Waals surface area contributed by atoms with Crippen molar-refractivity contribution in [3.05, 3.63) is 42.0 Å². The Balaban J connectivity index is 1.51. The lowest BCUT2D eigenvalue weighted by Crippen LogP contribution is -2.52. The van der Waals surface area contributed by atoms with Crippen molar-refractivity contribution in [1.82, 2.24) is 25.4 Å². The molecular formula is C19H25N5O3. The summed E-state index contributed by atoms with van der Waals surface area (Å²) in [6.07, 6.45) is 3.95. The Hall–Kier alpha value is -2.45. The number of fused-ring (bicyclic) bond motifs is 1. The normalized spacial score (nSPS) is 21.4. The minimum atomic E-state index is -0.253. The van der Waals surface area contributed by atoms with E-state index in [9.17, 15) is 4.79 Å². The zero-order valence-corrected chi connectivity index (χ0v) is 15.5. The molecule has 0 radical (unpaired) electrons. The molecule has 1 saturated heterocycles. The molecule has 0 aliphatic carbocycles.